The molecule has 1 aromatic rings. The standard InChI is InChI=1S/C22H36N2O3S/c1-4-23(15-8-9-17-24-16-7-5-6-10-22(24)25)18-19(2)20-11-13-21(14-12-20)28(3,26)27/h11-14,19H,4-10,15-18H2,1-3H3. The van der Waals surface area contributed by atoms with Crippen molar-refractivity contribution in [3.8, 4) is 0 Å². The van der Waals surface area contributed by atoms with Crippen LogP contribution in [0.5, 0.6) is 0 Å². The van der Waals surface area contributed by atoms with E-state index in [1.54, 1.807) is 12.1 Å². The molecule has 0 saturated carbocycles. The Kier molecular flexibility index (Phi) is 8.96. The number of likely N-dealkylation sites (tertiary alicyclic amines) is 1. The normalized spacial score (nSPS) is 17.0. The number of rotatable bonds is 10. The monoisotopic (exact) mass is 408 g/mol. The van der Waals surface area contributed by atoms with E-state index in [1.807, 2.05) is 12.1 Å². The molecule has 1 aliphatic heterocycles. The highest BCUT2D eigenvalue weighted by Gasteiger charge is 2.16. The minimum atomic E-state index is -3.14. The maximum Gasteiger partial charge on any atom is 0.222 e. The number of nitrogens with zero attached hydrogens (tertiary/aromatic N) is 2. The number of benzene rings is 1. The molecule has 1 unspecified atom stereocenters. The lowest BCUT2D eigenvalue weighted by molar-refractivity contribution is -0.130. The van der Waals surface area contributed by atoms with Crippen LogP contribution in [0.25, 0.3) is 0 Å². The Morgan fingerprint density at radius 2 is 1.82 bits per heavy atom. The molecular formula is C22H36N2O3S. The molecule has 28 heavy (non-hydrogen) atoms. The van der Waals surface area contributed by atoms with Crippen LogP contribution in [0.1, 0.15) is 63.9 Å². The molecule has 1 atom stereocenters. The number of unbranched alkanes of at least 4 members (excludes halogenated alkanes) is 1. The van der Waals surface area contributed by atoms with Crippen molar-refractivity contribution in [2.24, 2.45) is 0 Å². The van der Waals surface area contributed by atoms with Gasteiger partial charge in [0.25, 0.3) is 0 Å². The first-order valence-electron chi connectivity index (χ1n) is 10.6. The van der Waals surface area contributed by atoms with Crippen molar-refractivity contribution in [2.45, 2.75) is 63.2 Å². The molecule has 0 spiro atoms. The number of hydrogen-bond acceptors (Lipinski definition) is 4. The third-order valence-electron chi connectivity index (χ3n) is 5.68. The first-order valence-corrected chi connectivity index (χ1v) is 12.5. The molecular weight excluding hydrogens is 372 g/mol. The second kappa shape index (κ2) is 11.0. The third-order valence-corrected chi connectivity index (χ3v) is 6.81. The van der Waals surface area contributed by atoms with E-state index in [0.29, 0.717) is 16.7 Å². The average Bonchev–Trinajstić information content (AvgIpc) is 2.87. The summed E-state index contributed by atoms with van der Waals surface area (Å²) < 4.78 is 23.2. The van der Waals surface area contributed by atoms with E-state index in [2.05, 4.69) is 23.6 Å². The molecule has 1 fully saturated rings. The summed E-state index contributed by atoms with van der Waals surface area (Å²) in [5.74, 6) is 0.678. The fourth-order valence-corrected chi connectivity index (χ4v) is 4.46. The number of hydrogen-bond donors (Lipinski definition) is 0. The minimum Gasteiger partial charge on any atom is -0.343 e. The molecule has 6 heteroatoms. The predicted octanol–water partition coefficient (Wildman–Crippen LogP) is 3.70. The van der Waals surface area contributed by atoms with E-state index in [-0.39, 0.29) is 0 Å². The van der Waals surface area contributed by atoms with Gasteiger partial charge in [-0.3, -0.25) is 4.79 Å². The Morgan fingerprint density at radius 1 is 1.11 bits per heavy atom. The number of sulfone groups is 1. The Hall–Kier alpha value is -1.40. The fourth-order valence-electron chi connectivity index (χ4n) is 3.83. The molecule has 1 aromatic carbocycles. The van der Waals surface area contributed by atoms with Crippen molar-refractivity contribution in [1.82, 2.24) is 9.80 Å². The SMILES string of the molecule is CCN(CCCCN1CCCCCC1=O)CC(C)c1ccc(S(C)(=O)=O)cc1. The van der Waals surface area contributed by atoms with E-state index < -0.39 is 9.84 Å². The lowest BCUT2D eigenvalue weighted by Crippen LogP contribution is -2.32. The van der Waals surface area contributed by atoms with E-state index in [0.717, 1.165) is 64.8 Å². The second-order valence-corrected chi connectivity index (χ2v) is 10.0. The zero-order valence-corrected chi connectivity index (χ0v) is 18.5. The summed E-state index contributed by atoms with van der Waals surface area (Å²) in [4.78, 5) is 16.9. The van der Waals surface area contributed by atoms with Crippen molar-refractivity contribution >= 4 is 15.7 Å². The molecule has 5 nitrogen and oxygen atoms in total. The molecule has 0 N–H and O–H groups in total. The highest BCUT2D eigenvalue weighted by Crippen LogP contribution is 2.19. The maximum absolute atomic E-state index is 12.1. The summed E-state index contributed by atoms with van der Waals surface area (Å²) in [5, 5.41) is 0. The first-order chi connectivity index (χ1) is 13.3. The van der Waals surface area contributed by atoms with Gasteiger partial charge in [0.1, 0.15) is 0 Å². The van der Waals surface area contributed by atoms with Crippen LogP contribution in [0, 0.1) is 0 Å². The molecule has 1 amide bonds. The molecule has 2 rings (SSSR count). The van der Waals surface area contributed by atoms with Gasteiger partial charge in [0.2, 0.25) is 5.91 Å². The largest absolute Gasteiger partial charge is 0.343 e. The Bertz CT molecular complexity index is 716. The highest BCUT2D eigenvalue weighted by molar-refractivity contribution is 7.90. The smallest absolute Gasteiger partial charge is 0.222 e. The van der Waals surface area contributed by atoms with Gasteiger partial charge in [0.15, 0.2) is 9.84 Å². The van der Waals surface area contributed by atoms with Crippen molar-refractivity contribution < 1.29 is 13.2 Å². The van der Waals surface area contributed by atoms with Gasteiger partial charge in [-0.1, -0.05) is 32.4 Å². The Morgan fingerprint density at radius 3 is 2.46 bits per heavy atom. The number of amides is 1. The number of likely N-dealkylation sites (N-methyl/N-ethyl adjacent to an activating group) is 1. The zero-order valence-electron chi connectivity index (χ0n) is 17.7. The summed E-state index contributed by atoms with van der Waals surface area (Å²) >= 11 is 0. The van der Waals surface area contributed by atoms with Crippen molar-refractivity contribution in [1.29, 1.82) is 0 Å². The summed E-state index contributed by atoms with van der Waals surface area (Å²) in [6.07, 6.45) is 7.47. The molecule has 0 aliphatic carbocycles. The van der Waals surface area contributed by atoms with Gasteiger partial charge in [0.05, 0.1) is 4.90 Å². The van der Waals surface area contributed by atoms with E-state index in [9.17, 15) is 13.2 Å². The summed E-state index contributed by atoms with van der Waals surface area (Å²) in [6, 6.07) is 7.27. The fraction of sp³-hybridized carbons (Fsp3) is 0.682. The molecule has 1 aliphatic rings. The van der Waals surface area contributed by atoms with E-state index >= 15 is 0 Å². The molecule has 1 heterocycles. The predicted molar refractivity (Wildman–Crippen MR) is 114 cm³/mol. The average molecular weight is 409 g/mol. The van der Waals surface area contributed by atoms with E-state index in [1.165, 1.54) is 18.2 Å². The van der Waals surface area contributed by atoms with Crippen LogP contribution < -0.4 is 0 Å². The molecule has 0 aromatic heterocycles. The lowest BCUT2D eigenvalue weighted by atomic mass is 10.0. The van der Waals surface area contributed by atoms with Crippen molar-refractivity contribution in [3.63, 3.8) is 0 Å². The van der Waals surface area contributed by atoms with Crippen LogP contribution in [-0.4, -0.2) is 63.1 Å². The summed E-state index contributed by atoms with van der Waals surface area (Å²) in [5.41, 5.74) is 1.17. The van der Waals surface area contributed by atoms with Crippen LogP contribution in [0.2, 0.25) is 0 Å². The number of carbonyl (C=O) groups is 1. The van der Waals surface area contributed by atoms with Gasteiger partial charge < -0.3 is 9.80 Å². The van der Waals surface area contributed by atoms with Crippen LogP contribution >= 0.6 is 0 Å². The van der Waals surface area contributed by atoms with Crippen LogP contribution in [0.4, 0.5) is 0 Å². The van der Waals surface area contributed by atoms with Gasteiger partial charge in [-0.2, -0.15) is 0 Å². The highest BCUT2D eigenvalue weighted by atomic mass is 32.2. The number of carbonyl (C=O) groups excluding carboxylic acids is 1. The zero-order chi connectivity index (χ0) is 20.6. The topological polar surface area (TPSA) is 57.7 Å². The molecule has 158 valence electrons. The summed E-state index contributed by atoms with van der Waals surface area (Å²) in [7, 11) is -3.14. The van der Waals surface area contributed by atoms with Crippen LogP contribution in [-0.2, 0) is 14.6 Å². The molecule has 0 bridgehead atoms. The lowest BCUT2D eigenvalue weighted by Gasteiger charge is -2.25. The van der Waals surface area contributed by atoms with Crippen LogP contribution in [0.15, 0.2) is 29.2 Å². The molecule has 0 radical (unpaired) electrons. The minimum absolute atomic E-state index is 0.330. The maximum atomic E-state index is 12.1. The van der Waals surface area contributed by atoms with Gasteiger partial charge in [-0.15, -0.1) is 0 Å². The van der Waals surface area contributed by atoms with E-state index in [4.69, 9.17) is 0 Å². The quantitative estimate of drug-likeness (QED) is 0.554. The Labute approximate surface area is 171 Å². The summed E-state index contributed by atoms with van der Waals surface area (Å²) in [6.45, 7) is 9.16. The Balaban J connectivity index is 1.77. The first kappa shape index (κ1) is 22.9. The van der Waals surface area contributed by atoms with Gasteiger partial charge >= 0.3 is 0 Å². The van der Waals surface area contributed by atoms with Crippen molar-refractivity contribution in [2.75, 3.05) is 39.0 Å². The van der Waals surface area contributed by atoms with Gasteiger partial charge in [-0.25, -0.2) is 8.42 Å². The van der Waals surface area contributed by atoms with Crippen LogP contribution in [0.3, 0.4) is 0 Å². The van der Waals surface area contributed by atoms with Crippen molar-refractivity contribution in [3.05, 3.63) is 29.8 Å². The molecule has 1 saturated heterocycles. The van der Waals surface area contributed by atoms with Gasteiger partial charge in [-0.05, 0) is 62.4 Å². The second-order valence-electron chi connectivity index (χ2n) is 8.03. The van der Waals surface area contributed by atoms with Gasteiger partial charge in [0, 0.05) is 32.3 Å². The third kappa shape index (κ3) is 7.21.